The van der Waals surface area contributed by atoms with Gasteiger partial charge in [0.25, 0.3) is 5.91 Å². The Hall–Kier alpha value is -3.71. The van der Waals surface area contributed by atoms with E-state index in [4.69, 9.17) is 11.6 Å². The molecule has 1 fully saturated rings. The van der Waals surface area contributed by atoms with E-state index in [-0.39, 0.29) is 17.7 Å². The molecule has 5 rings (SSSR count). The number of rotatable bonds is 6. The van der Waals surface area contributed by atoms with Crippen LogP contribution in [-0.4, -0.2) is 26.6 Å². The van der Waals surface area contributed by atoms with Gasteiger partial charge in [-0.05, 0) is 61.2 Å². The first kappa shape index (κ1) is 23.1. The highest BCUT2D eigenvalue weighted by Gasteiger charge is 2.22. The summed E-state index contributed by atoms with van der Waals surface area (Å²) in [4.78, 5) is 29.8. The van der Waals surface area contributed by atoms with E-state index in [0.29, 0.717) is 22.8 Å². The molecule has 1 saturated carbocycles. The highest BCUT2D eigenvalue weighted by atomic mass is 35.5. The van der Waals surface area contributed by atoms with Gasteiger partial charge in [-0.3, -0.25) is 14.6 Å². The van der Waals surface area contributed by atoms with Crippen LogP contribution in [0.15, 0.2) is 61.1 Å². The first-order chi connectivity index (χ1) is 17.0. The zero-order valence-electron chi connectivity index (χ0n) is 19.4. The number of benzene rings is 2. The molecular weight excluding hydrogens is 462 g/mol. The van der Waals surface area contributed by atoms with E-state index in [9.17, 15) is 9.59 Å². The molecular formula is C27H26ClN5O2. The molecule has 35 heavy (non-hydrogen) atoms. The maximum atomic E-state index is 13.2. The minimum absolute atomic E-state index is 0.0796. The summed E-state index contributed by atoms with van der Waals surface area (Å²) >= 11 is 6.37. The molecule has 2 aromatic carbocycles. The van der Waals surface area contributed by atoms with Crippen molar-refractivity contribution in [2.24, 2.45) is 5.92 Å². The first-order valence-corrected chi connectivity index (χ1v) is 12.1. The zero-order chi connectivity index (χ0) is 24.4. The van der Waals surface area contributed by atoms with E-state index < -0.39 is 0 Å². The van der Waals surface area contributed by atoms with Crippen molar-refractivity contribution in [1.29, 1.82) is 0 Å². The lowest BCUT2D eigenvalue weighted by atomic mass is 10.1. The van der Waals surface area contributed by atoms with Gasteiger partial charge in [0.15, 0.2) is 0 Å². The number of anilines is 1. The second-order valence-corrected chi connectivity index (χ2v) is 9.39. The minimum atomic E-state index is -0.323. The third kappa shape index (κ3) is 4.91. The number of hydrogen-bond donors (Lipinski definition) is 2. The lowest BCUT2D eigenvalue weighted by molar-refractivity contribution is -0.124. The van der Waals surface area contributed by atoms with Gasteiger partial charge in [0.1, 0.15) is 0 Å². The van der Waals surface area contributed by atoms with E-state index in [0.717, 1.165) is 53.4 Å². The molecule has 0 bridgehead atoms. The monoisotopic (exact) mass is 487 g/mol. The summed E-state index contributed by atoms with van der Waals surface area (Å²) in [6.45, 7) is 2.34. The zero-order valence-corrected chi connectivity index (χ0v) is 20.2. The Morgan fingerprint density at radius 1 is 1.09 bits per heavy atom. The largest absolute Gasteiger partial charge is 0.352 e. The molecule has 2 heterocycles. The highest BCUT2D eigenvalue weighted by molar-refractivity contribution is 6.34. The minimum Gasteiger partial charge on any atom is -0.352 e. The van der Waals surface area contributed by atoms with Gasteiger partial charge in [-0.1, -0.05) is 36.6 Å². The number of halogens is 1. The first-order valence-electron chi connectivity index (χ1n) is 11.8. The van der Waals surface area contributed by atoms with Gasteiger partial charge < -0.3 is 10.6 Å². The molecule has 0 spiro atoms. The summed E-state index contributed by atoms with van der Waals surface area (Å²) < 4.78 is 1.80. The van der Waals surface area contributed by atoms with Crippen molar-refractivity contribution in [2.75, 3.05) is 5.32 Å². The Morgan fingerprint density at radius 3 is 2.71 bits per heavy atom. The van der Waals surface area contributed by atoms with Crippen molar-refractivity contribution in [3.8, 4) is 5.69 Å². The highest BCUT2D eigenvalue weighted by Crippen LogP contribution is 2.28. The van der Waals surface area contributed by atoms with Crippen LogP contribution in [0.3, 0.4) is 0 Å². The molecule has 0 unspecified atom stereocenters. The SMILES string of the molecule is Cc1cncc(-n2ncc3c(NC(=O)c4cc(CNC(=O)C5CCCC5)ccc4Cl)cccc32)c1. The molecule has 1 aliphatic rings. The molecule has 0 aliphatic heterocycles. The summed E-state index contributed by atoms with van der Waals surface area (Å²) in [5.41, 5.74) is 4.54. The van der Waals surface area contributed by atoms with Crippen molar-refractivity contribution in [3.63, 3.8) is 0 Å². The van der Waals surface area contributed by atoms with Crippen LogP contribution in [-0.2, 0) is 11.3 Å². The number of aromatic nitrogens is 3. The van der Waals surface area contributed by atoms with Crippen LogP contribution < -0.4 is 10.6 Å². The molecule has 2 N–H and O–H groups in total. The van der Waals surface area contributed by atoms with Crippen molar-refractivity contribution >= 4 is 40.0 Å². The summed E-state index contributed by atoms with van der Waals surface area (Å²) in [5, 5.41) is 11.6. The number of hydrogen-bond acceptors (Lipinski definition) is 4. The molecule has 2 aromatic heterocycles. The van der Waals surface area contributed by atoms with Crippen molar-refractivity contribution in [3.05, 3.63) is 82.8 Å². The van der Waals surface area contributed by atoms with Gasteiger partial charge in [0.2, 0.25) is 5.91 Å². The lowest BCUT2D eigenvalue weighted by Crippen LogP contribution is -2.28. The van der Waals surface area contributed by atoms with Crippen LogP contribution >= 0.6 is 11.6 Å². The summed E-state index contributed by atoms with van der Waals surface area (Å²) in [7, 11) is 0. The van der Waals surface area contributed by atoms with E-state index in [1.54, 1.807) is 35.4 Å². The summed E-state index contributed by atoms with van der Waals surface area (Å²) in [6, 6.07) is 12.9. The average molecular weight is 488 g/mol. The maximum Gasteiger partial charge on any atom is 0.257 e. The predicted octanol–water partition coefficient (Wildman–Crippen LogP) is 5.44. The number of carbonyl (C=O) groups is 2. The molecule has 178 valence electrons. The standard InChI is InChI=1S/C27H26ClN5O2/c1-17-11-20(15-29-13-17)33-25-8-4-7-24(22(25)16-31-33)32-27(35)21-12-18(9-10-23(21)28)14-30-26(34)19-5-2-3-6-19/h4,7-13,15-16,19H,2-3,5-6,14H2,1H3,(H,30,34)(H,32,35). The molecule has 0 saturated heterocycles. The molecule has 1 aliphatic carbocycles. The lowest BCUT2D eigenvalue weighted by Gasteiger charge is -2.12. The topological polar surface area (TPSA) is 88.9 Å². The van der Waals surface area contributed by atoms with Gasteiger partial charge >= 0.3 is 0 Å². The van der Waals surface area contributed by atoms with Gasteiger partial charge in [-0.15, -0.1) is 0 Å². The predicted molar refractivity (Wildman–Crippen MR) is 137 cm³/mol. The fraction of sp³-hybridized carbons (Fsp3) is 0.259. The summed E-state index contributed by atoms with van der Waals surface area (Å²) in [5.74, 6) is -0.144. The van der Waals surface area contributed by atoms with E-state index in [2.05, 4.69) is 20.7 Å². The Balaban J connectivity index is 1.35. The van der Waals surface area contributed by atoms with Gasteiger partial charge in [-0.25, -0.2) is 4.68 Å². The van der Waals surface area contributed by atoms with Gasteiger partial charge in [0, 0.05) is 24.0 Å². The van der Waals surface area contributed by atoms with Crippen LogP contribution in [0.5, 0.6) is 0 Å². The second kappa shape index (κ2) is 9.88. The third-order valence-corrected chi connectivity index (χ3v) is 6.76. The van der Waals surface area contributed by atoms with E-state index >= 15 is 0 Å². The number of pyridine rings is 1. The maximum absolute atomic E-state index is 13.2. The van der Waals surface area contributed by atoms with Crippen molar-refractivity contribution in [2.45, 2.75) is 39.2 Å². The molecule has 7 nitrogen and oxygen atoms in total. The number of fused-ring (bicyclic) bond motifs is 1. The Bertz CT molecular complexity index is 1410. The Kier molecular flexibility index (Phi) is 6.51. The van der Waals surface area contributed by atoms with Crippen LogP contribution in [0.4, 0.5) is 5.69 Å². The smallest absolute Gasteiger partial charge is 0.257 e. The number of amides is 2. The molecule has 0 atom stereocenters. The van der Waals surface area contributed by atoms with Crippen LogP contribution in [0, 0.1) is 12.8 Å². The number of nitrogens with one attached hydrogen (secondary N) is 2. The van der Waals surface area contributed by atoms with Gasteiger partial charge in [0.05, 0.1) is 39.9 Å². The van der Waals surface area contributed by atoms with Crippen LogP contribution in [0.1, 0.15) is 47.2 Å². The third-order valence-electron chi connectivity index (χ3n) is 6.44. The quantitative estimate of drug-likeness (QED) is 0.379. The Labute approximate surface area is 208 Å². The Morgan fingerprint density at radius 2 is 1.91 bits per heavy atom. The fourth-order valence-corrected chi connectivity index (χ4v) is 4.79. The normalized spacial score (nSPS) is 13.8. The summed E-state index contributed by atoms with van der Waals surface area (Å²) in [6.07, 6.45) is 9.38. The number of aryl methyl sites for hydroxylation is 1. The second-order valence-electron chi connectivity index (χ2n) is 8.98. The molecule has 4 aromatic rings. The average Bonchev–Trinajstić information content (AvgIpc) is 3.54. The van der Waals surface area contributed by atoms with Crippen LogP contribution in [0.25, 0.3) is 16.6 Å². The van der Waals surface area contributed by atoms with Crippen molar-refractivity contribution < 1.29 is 9.59 Å². The van der Waals surface area contributed by atoms with Gasteiger partial charge in [-0.2, -0.15) is 5.10 Å². The van der Waals surface area contributed by atoms with E-state index in [1.807, 2.05) is 37.3 Å². The van der Waals surface area contributed by atoms with Crippen molar-refractivity contribution in [1.82, 2.24) is 20.1 Å². The van der Waals surface area contributed by atoms with E-state index in [1.165, 1.54) is 0 Å². The fourth-order valence-electron chi connectivity index (χ4n) is 4.59. The number of nitrogens with zero attached hydrogens (tertiary/aromatic N) is 3. The van der Waals surface area contributed by atoms with Crippen LogP contribution in [0.2, 0.25) is 5.02 Å². The molecule has 2 amide bonds. The molecule has 8 heteroatoms. The number of carbonyl (C=O) groups excluding carboxylic acids is 2. The molecule has 0 radical (unpaired) electrons.